The molecule has 16 heavy (non-hydrogen) atoms. The van der Waals surface area contributed by atoms with Gasteiger partial charge in [-0.05, 0) is 23.6 Å². The number of hydrogen-bond acceptors (Lipinski definition) is 3. The number of aliphatic hydroxyl groups is 1. The highest BCUT2D eigenvalue weighted by Gasteiger charge is 2.26. The molecule has 2 rings (SSSR count). The van der Waals surface area contributed by atoms with Crippen LogP contribution in [-0.4, -0.2) is 30.4 Å². The maximum absolute atomic E-state index is 9.61. The molecule has 0 bridgehead atoms. The van der Waals surface area contributed by atoms with Gasteiger partial charge in [0.25, 0.3) is 0 Å². The SMILES string of the molecule is CC(C)c1ccc(O[C@@H]2CNC[C@H]2O)cc1. The van der Waals surface area contributed by atoms with Gasteiger partial charge in [-0.3, -0.25) is 0 Å². The molecule has 3 nitrogen and oxygen atoms in total. The summed E-state index contributed by atoms with van der Waals surface area (Å²) in [4.78, 5) is 0. The van der Waals surface area contributed by atoms with E-state index >= 15 is 0 Å². The molecule has 0 spiro atoms. The highest BCUT2D eigenvalue weighted by molar-refractivity contribution is 5.29. The first kappa shape index (κ1) is 11.4. The van der Waals surface area contributed by atoms with Crippen molar-refractivity contribution in [3.05, 3.63) is 29.8 Å². The molecule has 0 amide bonds. The van der Waals surface area contributed by atoms with Crippen LogP contribution in [0, 0.1) is 0 Å². The van der Waals surface area contributed by atoms with Crippen molar-refractivity contribution in [1.82, 2.24) is 5.32 Å². The number of hydrogen-bond donors (Lipinski definition) is 2. The van der Waals surface area contributed by atoms with Crippen LogP contribution in [0.25, 0.3) is 0 Å². The third-order valence-corrected chi connectivity index (χ3v) is 2.96. The normalized spacial score (nSPS) is 25.0. The third-order valence-electron chi connectivity index (χ3n) is 2.96. The van der Waals surface area contributed by atoms with E-state index in [-0.39, 0.29) is 6.10 Å². The van der Waals surface area contributed by atoms with Crippen LogP contribution < -0.4 is 10.1 Å². The second kappa shape index (κ2) is 4.85. The predicted octanol–water partition coefficient (Wildman–Crippen LogP) is 1.52. The van der Waals surface area contributed by atoms with Gasteiger partial charge in [0.05, 0.1) is 0 Å². The van der Waals surface area contributed by atoms with Gasteiger partial charge in [0.15, 0.2) is 0 Å². The van der Waals surface area contributed by atoms with Gasteiger partial charge in [-0.2, -0.15) is 0 Å². The molecule has 1 aromatic carbocycles. The number of β-amino-alcohol motifs (C(OH)–C–C–N with tert-alkyl or cyclic N) is 1. The molecule has 1 fully saturated rings. The fraction of sp³-hybridized carbons (Fsp3) is 0.538. The van der Waals surface area contributed by atoms with Crippen LogP contribution in [0.15, 0.2) is 24.3 Å². The van der Waals surface area contributed by atoms with Crippen LogP contribution in [0.2, 0.25) is 0 Å². The Morgan fingerprint density at radius 2 is 1.94 bits per heavy atom. The van der Waals surface area contributed by atoms with Gasteiger partial charge in [0, 0.05) is 13.1 Å². The summed E-state index contributed by atoms with van der Waals surface area (Å²) in [5, 5.41) is 12.7. The minimum atomic E-state index is -0.398. The molecule has 1 saturated heterocycles. The topological polar surface area (TPSA) is 41.5 Å². The van der Waals surface area contributed by atoms with E-state index in [9.17, 15) is 5.11 Å². The number of aliphatic hydroxyl groups excluding tert-OH is 1. The first-order chi connectivity index (χ1) is 7.66. The van der Waals surface area contributed by atoms with Gasteiger partial charge in [-0.1, -0.05) is 26.0 Å². The molecule has 0 unspecified atom stereocenters. The lowest BCUT2D eigenvalue weighted by Crippen LogP contribution is -2.29. The lowest BCUT2D eigenvalue weighted by molar-refractivity contribution is 0.0737. The molecule has 88 valence electrons. The largest absolute Gasteiger partial charge is 0.486 e. The monoisotopic (exact) mass is 221 g/mol. The van der Waals surface area contributed by atoms with Gasteiger partial charge >= 0.3 is 0 Å². The Kier molecular flexibility index (Phi) is 3.46. The molecule has 1 aromatic rings. The summed E-state index contributed by atoms with van der Waals surface area (Å²) in [7, 11) is 0. The second-order valence-electron chi connectivity index (χ2n) is 4.61. The van der Waals surface area contributed by atoms with Crippen molar-refractivity contribution >= 4 is 0 Å². The van der Waals surface area contributed by atoms with Gasteiger partial charge in [-0.15, -0.1) is 0 Å². The summed E-state index contributed by atoms with van der Waals surface area (Å²) in [6, 6.07) is 8.10. The Morgan fingerprint density at radius 1 is 1.25 bits per heavy atom. The Morgan fingerprint density at radius 3 is 2.44 bits per heavy atom. The Bertz CT molecular complexity index is 334. The van der Waals surface area contributed by atoms with Crippen LogP contribution in [0.3, 0.4) is 0 Å². The highest BCUT2D eigenvalue weighted by atomic mass is 16.5. The van der Waals surface area contributed by atoms with E-state index in [0.717, 1.165) is 5.75 Å². The predicted molar refractivity (Wildman–Crippen MR) is 63.8 cm³/mol. The van der Waals surface area contributed by atoms with Gasteiger partial charge in [-0.25, -0.2) is 0 Å². The Balaban J connectivity index is 1.99. The first-order valence-corrected chi connectivity index (χ1v) is 5.82. The van der Waals surface area contributed by atoms with Gasteiger partial charge < -0.3 is 15.2 Å². The molecule has 2 N–H and O–H groups in total. The van der Waals surface area contributed by atoms with Gasteiger partial charge in [0.2, 0.25) is 0 Å². The quantitative estimate of drug-likeness (QED) is 0.813. The van der Waals surface area contributed by atoms with Crippen molar-refractivity contribution in [3.63, 3.8) is 0 Å². The number of nitrogens with one attached hydrogen (secondary N) is 1. The first-order valence-electron chi connectivity index (χ1n) is 5.82. The van der Waals surface area contributed by atoms with Crippen LogP contribution >= 0.6 is 0 Å². The highest BCUT2D eigenvalue weighted by Crippen LogP contribution is 2.20. The number of rotatable bonds is 3. The summed E-state index contributed by atoms with van der Waals surface area (Å²) in [5.41, 5.74) is 1.30. The van der Waals surface area contributed by atoms with Crippen LogP contribution in [0.1, 0.15) is 25.3 Å². The molecule has 0 radical (unpaired) electrons. The molecule has 1 aliphatic rings. The number of benzene rings is 1. The summed E-state index contributed by atoms with van der Waals surface area (Å²) in [6.07, 6.45) is -0.519. The lowest BCUT2D eigenvalue weighted by atomic mass is 10.0. The zero-order valence-electron chi connectivity index (χ0n) is 9.81. The molecule has 1 heterocycles. The number of ether oxygens (including phenoxy) is 1. The van der Waals surface area contributed by atoms with Crippen molar-refractivity contribution in [1.29, 1.82) is 0 Å². The molecule has 0 aliphatic carbocycles. The van der Waals surface area contributed by atoms with Crippen molar-refractivity contribution in [2.75, 3.05) is 13.1 Å². The summed E-state index contributed by atoms with van der Waals surface area (Å²) < 4.78 is 5.71. The second-order valence-corrected chi connectivity index (χ2v) is 4.61. The van der Waals surface area contributed by atoms with Crippen LogP contribution in [0.5, 0.6) is 5.75 Å². The van der Waals surface area contributed by atoms with E-state index in [0.29, 0.717) is 19.0 Å². The smallest absolute Gasteiger partial charge is 0.138 e. The molecule has 1 aliphatic heterocycles. The summed E-state index contributed by atoms with van der Waals surface area (Å²) in [5.74, 6) is 1.37. The molecule has 2 atom stereocenters. The van der Waals surface area contributed by atoms with Crippen LogP contribution in [-0.2, 0) is 0 Å². The van der Waals surface area contributed by atoms with Crippen LogP contribution in [0.4, 0.5) is 0 Å². The lowest BCUT2D eigenvalue weighted by Gasteiger charge is -2.16. The molecule has 0 aromatic heterocycles. The Hall–Kier alpha value is -1.06. The minimum absolute atomic E-state index is 0.120. The summed E-state index contributed by atoms with van der Waals surface area (Å²) in [6.45, 7) is 5.67. The molecular weight excluding hydrogens is 202 g/mol. The summed E-state index contributed by atoms with van der Waals surface area (Å²) >= 11 is 0. The average Bonchev–Trinajstić information content (AvgIpc) is 2.65. The molecule has 3 heteroatoms. The van der Waals surface area contributed by atoms with E-state index in [1.54, 1.807) is 0 Å². The van der Waals surface area contributed by atoms with E-state index < -0.39 is 6.10 Å². The van der Waals surface area contributed by atoms with Crippen molar-refractivity contribution in [2.24, 2.45) is 0 Å². The maximum atomic E-state index is 9.61. The van der Waals surface area contributed by atoms with E-state index in [1.165, 1.54) is 5.56 Å². The molecule has 0 saturated carbocycles. The molecular formula is C13H19NO2. The Labute approximate surface area is 96.4 Å². The maximum Gasteiger partial charge on any atom is 0.138 e. The zero-order chi connectivity index (χ0) is 11.5. The average molecular weight is 221 g/mol. The van der Waals surface area contributed by atoms with E-state index in [1.807, 2.05) is 12.1 Å². The fourth-order valence-corrected chi connectivity index (χ4v) is 1.87. The van der Waals surface area contributed by atoms with Gasteiger partial charge in [0.1, 0.15) is 18.0 Å². The van der Waals surface area contributed by atoms with E-state index in [2.05, 4.69) is 31.3 Å². The fourth-order valence-electron chi connectivity index (χ4n) is 1.87. The van der Waals surface area contributed by atoms with Crippen molar-refractivity contribution in [3.8, 4) is 5.75 Å². The minimum Gasteiger partial charge on any atom is -0.486 e. The van der Waals surface area contributed by atoms with Crippen molar-refractivity contribution in [2.45, 2.75) is 32.0 Å². The van der Waals surface area contributed by atoms with Crippen molar-refractivity contribution < 1.29 is 9.84 Å². The van der Waals surface area contributed by atoms with E-state index in [4.69, 9.17) is 4.74 Å². The standard InChI is InChI=1S/C13H19NO2/c1-9(2)10-3-5-11(6-4-10)16-13-8-14-7-12(13)15/h3-6,9,12-15H,7-8H2,1-2H3/t12-,13-/m1/s1. The third kappa shape index (κ3) is 2.54. The zero-order valence-corrected chi connectivity index (χ0v) is 9.81.